The van der Waals surface area contributed by atoms with E-state index >= 15 is 0 Å². The molecule has 4 nitrogen and oxygen atoms in total. The molecule has 0 aromatic heterocycles. The van der Waals surface area contributed by atoms with Crippen molar-refractivity contribution in [3.63, 3.8) is 0 Å². The molecule has 1 N–H and O–H groups in total. The van der Waals surface area contributed by atoms with Crippen molar-refractivity contribution in [2.24, 2.45) is 5.92 Å². The molecule has 0 aliphatic carbocycles. The van der Waals surface area contributed by atoms with Crippen molar-refractivity contribution in [3.05, 3.63) is 0 Å². The van der Waals surface area contributed by atoms with Crippen LogP contribution in [-0.2, 0) is 10.0 Å². The van der Waals surface area contributed by atoms with Crippen LogP contribution in [0.4, 0.5) is 0 Å². The van der Waals surface area contributed by atoms with E-state index in [0.717, 1.165) is 32.2 Å². The van der Waals surface area contributed by atoms with Crippen LogP contribution in [-0.4, -0.2) is 44.2 Å². The van der Waals surface area contributed by atoms with Gasteiger partial charge in [-0.1, -0.05) is 13.8 Å². The molecular weight excluding hydrogens is 248 g/mol. The van der Waals surface area contributed by atoms with Crippen LogP contribution in [0.25, 0.3) is 0 Å². The summed E-state index contributed by atoms with van der Waals surface area (Å²) in [5.41, 5.74) is 0.188. The van der Waals surface area contributed by atoms with Crippen molar-refractivity contribution >= 4 is 10.0 Å². The average molecular weight is 276 g/mol. The molecule has 0 amide bonds. The predicted molar refractivity (Wildman–Crippen MR) is 76.1 cm³/mol. The normalized spacial score (nSPS) is 23.2. The highest BCUT2D eigenvalue weighted by molar-refractivity contribution is 7.88. The molecule has 1 unspecified atom stereocenters. The number of hydrogen-bond donors (Lipinski definition) is 1. The molecule has 0 saturated carbocycles. The van der Waals surface area contributed by atoms with E-state index < -0.39 is 10.0 Å². The summed E-state index contributed by atoms with van der Waals surface area (Å²) in [7, 11) is -3.02. The average Bonchev–Trinajstić information content (AvgIpc) is 2.35. The molecule has 1 heterocycles. The van der Waals surface area contributed by atoms with Gasteiger partial charge in [0.25, 0.3) is 0 Å². The molecule has 1 aliphatic heterocycles. The second kappa shape index (κ2) is 6.35. The van der Waals surface area contributed by atoms with Crippen molar-refractivity contribution < 1.29 is 8.42 Å². The highest BCUT2D eigenvalue weighted by Crippen LogP contribution is 2.20. The molecule has 1 atom stereocenters. The van der Waals surface area contributed by atoms with Gasteiger partial charge in [0.2, 0.25) is 10.0 Å². The Morgan fingerprint density at radius 2 is 1.94 bits per heavy atom. The van der Waals surface area contributed by atoms with E-state index in [-0.39, 0.29) is 5.54 Å². The first-order chi connectivity index (χ1) is 8.30. The van der Waals surface area contributed by atoms with E-state index in [1.165, 1.54) is 6.26 Å². The fourth-order valence-corrected chi connectivity index (χ4v) is 3.33. The Morgan fingerprint density at radius 1 is 1.33 bits per heavy atom. The van der Waals surface area contributed by atoms with Gasteiger partial charge in [0.1, 0.15) is 0 Å². The van der Waals surface area contributed by atoms with Crippen LogP contribution in [0, 0.1) is 5.92 Å². The van der Waals surface area contributed by atoms with Gasteiger partial charge in [0.15, 0.2) is 0 Å². The second-order valence-electron chi connectivity index (χ2n) is 5.78. The summed E-state index contributed by atoms with van der Waals surface area (Å²) in [4.78, 5) is 0. The minimum atomic E-state index is -3.02. The number of nitrogens with zero attached hydrogens (tertiary/aromatic N) is 1. The Bertz CT molecular complexity index is 350. The van der Waals surface area contributed by atoms with Crippen LogP contribution in [0.1, 0.15) is 46.5 Å². The maximum atomic E-state index is 11.6. The molecule has 0 aromatic rings. The van der Waals surface area contributed by atoms with E-state index in [9.17, 15) is 8.42 Å². The lowest BCUT2D eigenvalue weighted by Crippen LogP contribution is -2.48. The fourth-order valence-electron chi connectivity index (χ4n) is 2.39. The molecular formula is C13H28N2O2S. The molecule has 1 fully saturated rings. The summed E-state index contributed by atoms with van der Waals surface area (Å²) >= 11 is 0. The van der Waals surface area contributed by atoms with E-state index in [4.69, 9.17) is 0 Å². The predicted octanol–water partition coefficient (Wildman–Crippen LogP) is 1.83. The van der Waals surface area contributed by atoms with Crippen LogP contribution in [0.2, 0.25) is 0 Å². The summed E-state index contributed by atoms with van der Waals surface area (Å²) in [6.07, 6.45) is 5.62. The molecule has 5 heteroatoms. The third kappa shape index (κ3) is 4.52. The van der Waals surface area contributed by atoms with Gasteiger partial charge < -0.3 is 5.32 Å². The van der Waals surface area contributed by atoms with E-state index in [1.54, 1.807) is 4.31 Å². The molecule has 0 aromatic carbocycles. The monoisotopic (exact) mass is 276 g/mol. The maximum Gasteiger partial charge on any atom is 0.211 e. The summed E-state index contributed by atoms with van der Waals surface area (Å²) in [6, 6.07) is 0. The smallest absolute Gasteiger partial charge is 0.211 e. The van der Waals surface area contributed by atoms with Gasteiger partial charge in [-0.25, -0.2) is 12.7 Å². The van der Waals surface area contributed by atoms with E-state index in [0.29, 0.717) is 19.0 Å². The Hall–Kier alpha value is -0.130. The lowest BCUT2D eigenvalue weighted by atomic mass is 9.93. The first-order valence-electron chi connectivity index (χ1n) is 7.01. The first-order valence-corrected chi connectivity index (χ1v) is 8.85. The van der Waals surface area contributed by atoms with Gasteiger partial charge in [-0.15, -0.1) is 0 Å². The molecule has 1 rings (SSSR count). The van der Waals surface area contributed by atoms with E-state index in [1.807, 2.05) is 0 Å². The van der Waals surface area contributed by atoms with Crippen LogP contribution < -0.4 is 5.32 Å². The molecule has 0 spiro atoms. The topological polar surface area (TPSA) is 49.4 Å². The standard InChI is InChI=1S/C13H28N2O2S/c1-5-13(3,6-2)14-10-12-8-7-9-15(11-12)18(4,16)17/h12,14H,5-11H2,1-4H3. The molecule has 1 aliphatic rings. The zero-order chi connectivity index (χ0) is 13.8. The highest BCUT2D eigenvalue weighted by atomic mass is 32.2. The van der Waals surface area contributed by atoms with Crippen molar-refractivity contribution in [2.75, 3.05) is 25.9 Å². The zero-order valence-corrected chi connectivity index (χ0v) is 13.0. The summed E-state index contributed by atoms with van der Waals surface area (Å²) < 4.78 is 24.7. The molecule has 0 radical (unpaired) electrons. The quantitative estimate of drug-likeness (QED) is 0.805. The van der Waals surface area contributed by atoms with Crippen molar-refractivity contribution in [1.29, 1.82) is 0 Å². The number of rotatable bonds is 6. The molecule has 108 valence electrons. The third-order valence-electron chi connectivity index (χ3n) is 4.33. The number of hydrogen-bond acceptors (Lipinski definition) is 3. The Balaban J connectivity index is 2.49. The van der Waals surface area contributed by atoms with Crippen LogP contribution in [0.5, 0.6) is 0 Å². The van der Waals surface area contributed by atoms with Gasteiger partial charge in [0.05, 0.1) is 6.26 Å². The minimum absolute atomic E-state index is 0.188. The lowest BCUT2D eigenvalue weighted by Gasteiger charge is -2.35. The lowest BCUT2D eigenvalue weighted by molar-refractivity contribution is 0.231. The van der Waals surface area contributed by atoms with Gasteiger partial charge in [-0.3, -0.25) is 0 Å². The van der Waals surface area contributed by atoms with Crippen LogP contribution in [0.15, 0.2) is 0 Å². The van der Waals surface area contributed by atoms with Crippen LogP contribution >= 0.6 is 0 Å². The number of piperidine rings is 1. The Kier molecular flexibility index (Phi) is 5.62. The summed E-state index contributed by atoms with van der Waals surface area (Å²) in [5.74, 6) is 0.450. The second-order valence-corrected chi connectivity index (χ2v) is 7.76. The SMILES string of the molecule is CCC(C)(CC)NCC1CCCN(S(C)(=O)=O)C1. The molecule has 1 saturated heterocycles. The zero-order valence-electron chi connectivity index (χ0n) is 12.2. The molecule has 18 heavy (non-hydrogen) atoms. The summed E-state index contributed by atoms with van der Waals surface area (Å²) in [5, 5.41) is 3.62. The first kappa shape index (κ1) is 15.9. The van der Waals surface area contributed by atoms with Gasteiger partial charge in [-0.2, -0.15) is 0 Å². The van der Waals surface area contributed by atoms with Crippen molar-refractivity contribution in [2.45, 2.75) is 52.0 Å². The largest absolute Gasteiger partial charge is 0.311 e. The highest BCUT2D eigenvalue weighted by Gasteiger charge is 2.27. The fraction of sp³-hybridized carbons (Fsp3) is 1.00. The Morgan fingerprint density at radius 3 is 2.44 bits per heavy atom. The number of nitrogens with one attached hydrogen (secondary N) is 1. The third-order valence-corrected chi connectivity index (χ3v) is 5.60. The molecule has 0 bridgehead atoms. The van der Waals surface area contributed by atoms with Crippen molar-refractivity contribution in [3.8, 4) is 0 Å². The maximum absolute atomic E-state index is 11.6. The minimum Gasteiger partial charge on any atom is -0.311 e. The van der Waals surface area contributed by atoms with E-state index in [2.05, 4.69) is 26.1 Å². The Labute approximate surface area is 112 Å². The van der Waals surface area contributed by atoms with Gasteiger partial charge >= 0.3 is 0 Å². The van der Waals surface area contributed by atoms with Gasteiger partial charge in [0, 0.05) is 18.6 Å². The van der Waals surface area contributed by atoms with Crippen molar-refractivity contribution in [1.82, 2.24) is 9.62 Å². The number of sulfonamides is 1. The van der Waals surface area contributed by atoms with Gasteiger partial charge in [-0.05, 0) is 45.1 Å². The van der Waals surface area contributed by atoms with Crippen LogP contribution in [0.3, 0.4) is 0 Å². The summed E-state index contributed by atoms with van der Waals surface area (Å²) in [6.45, 7) is 8.91.